The molecule has 1 N–H and O–H groups in total. The molecule has 0 amide bonds. The highest BCUT2D eigenvalue weighted by atomic mass is 127. The number of likely N-dealkylation sites (tertiary alicyclic amines) is 1. The van der Waals surface area contributed by atoms with Gasteiger partial charge in [0.15, 0.2) is 5.96 Å². The van der Waals surface area contributed by atoms with Crippen molar-refractivity contribution in [3.05, 3.63) is 12.7 Å². The second kappa shape index (κ2) is 10.5. The first kappa shape index (κ1) is 18.7. The van der Waals surface area contributed by atoms with Crippen LogP contribution >= 0.6 is 24.0 Å². The lowest BCUT2D eigenvalue weighted by Crippen LogP contribution is -2.41. The summed E-state index contributed by atoms with van der Waals surface area (Å²) in [5.41, 5.74) is 0. The number of allylic oxidation sites excluding steroid dienone is 1. The van der Waals surface area contributed by atoms with Gasteiger partial charge >= 0.3 is 0 Å². The zero-order valence-corrected chi connectivity index (χ0v) is 14.9. The van der Waals surface area contributed by atoms with E-state index in [1.807, 2.05) is 13.1 Å². The van der Waals surface area contributed by atoms with Gasteiger partial charge in [-0.05, 0) is 38.8 Å². The Hall–Kier alpha value is -0.300. The Morgan fingerprint density at radius 3 is 2.84 bits per heavy atom. The average molecular weight is 380 g/mol. The Bertz CT molecular complexity index is 281. The molecule has 1 rings (SSSR count). The highest BCUT2D eigenvalue weighted by Gasteiger charge is 2.19. The van der Waals surface area contributed by atoms with E-state index in [-0.39, 0.29) is 24.0 Å². The first-order chi connectivity index (χ1) is 8.67. The highest BCUT2D eigenvalue weighted by Crippen LogP contribution is 2.12. The number of aliphatic imine (C=N–C) groups is 1. The fourth-order valence-corrected chi connectivity index (χ4v) is 2.39. The van der Waals surface area contributed by atoms with Gasteiger partial charge in [0.2, 0.25) is 0 Å². The van der Waals surface area contributed by atoms with Crippen molar-refractivity contribution in [3.63, 3.8) is 0 Å². The Morgan fingerprint density at radius 2 is 2.32 bits per heavy atom. The molecule has 1 fully saturated rings. The van der Waals surface area contributed by atoms with E-state index in [4.69, 9.17) is 0 Å². The number of hydrogen-bond acceptors (Lipinski definition) is 2. The Labute approximate surface area is 135 Å². The van der Waals surface area contributed by atoms with Crippen molar-refractivity contribution < 1.29 is 0 Å². The fourth-order valence-electron chi connectivity index (χ4n) is 2.39. The summed E-state index contributed by atoms with van der Waals surface area (Å²) >= 11 is 0. The van der Waals surface area contributed by atoms with Gasteiger partial charge in [-0.2, -0.15) is 0 Å². The molecule has 1 aliphatic rings. The third kappa shape index (κ3) is 7.15. The van der Waals surface area contributed by atoms with Gasteiger partial charge < -0.3 is 15.1 Å². The Balaban J connectivity index is 0.00000324. The minimum atomic E-state index is 0. The van der Waals surface area contributed by atoms with E-state index < -0.39 is 0 Å². The number of unbranched alkanes of at least 4 members (excludes halogenated alkanes) is 1. The predicted molar refractivity (Wildman–Crippen MR) is 94.4 cm³/mol. The SMILES string of the molecule is C=CCCCN(C)C(=NC)NCC1CCN(C)C1.I. The minimum absolute atomic E-state index is 0. The summed E-state index contributed by atoms with van der Waals surface area (Å²) in [5, 5.41) is 3.48. The van der Waals surface area contributed by atoms with Gasteiger partial charge in [0, 0.05) is 33.7 Å². The minimum Gasteiger partial charge on any atom is -0.356 e. The molecule has 1 aliphatic heterocycles. The van der Waals surface area contributed by atoms with Gasteiger partial charge in [0.05, 0.1) is 0 Å². The number of nitrogens with zero attached hydrogens (tertiary/aromatic N) is 3. The first-order valence-corrected chi connectivity index (χ1v) is 6.88. The molecule has 112 valence electrons. The third-order valence-electron chi connectivity index (χ3n) is 3.51. The van der Waals surface area contributed by atoms with Crippen LogP contribution in [0.25, 0.3) is 0 Å². The van der Waals surface area contributed by atoms with Crippen LogP contribution in [0, 0.1) is 5.92 Å². The van der Waals surface area contributed by atoms with Gasteiger partial charge in [-0.25, -0.2) is 0 Å². The number of hydrogen-bond donors (Lipinski definition) is 1. The molecule has 0 aromatic rings. The lowest BCUT2D eigenvalue weighted by atomic mass is 10.1. The van der Waals surface area contributed by atoms with E-state index in [0.29, 0.717) is 0 Å². The monoisotopic (exact) mass is 380 g/mol. The molecule has 4 nitrogen and oxygen atoms in total. The van der Waals surface area contributed by atoms with Crippen molar-refractivity contribution in [1.82, 2.24) is 15.1 Å². The van der Waals surface area contributed by atoms with Crippen molar-refractivity contribution >= 4 is 29.9 Å². The Kier molecular flexibility index (Phi) is 10.3. The lowest BCUT2D eigenvalue weighted by molar-refractivity contribution is 0.390. The molecular formula is C14H29IN4. The van der Waals surface area contributed by atoms with Gasteiger partial charge in [-0.1, -0.05) is 6.08 Å². The zero-order chi connectivity index (χ0) is 13.4. The summed E-state index contributed by atoms with van der Waals surface area (Å²) in [6, 6.07) is 0. The number of nitrogens with one attached hydrogen (secondary N) is 1. The largest absolute Gasteiger partial charge is 0.356 e. The van der Waals surface area contributed by atoms with E-state index in [2.05, 4.69) is 40.8 Å². The number of rotatable bonds is 6. The highest BCUT2D eigenvalue weighted by molar-refractivity contribution is 14.0. The number of guanidine groups is 1. The zero-order valence-electron chi connectivity index (χ0n) is 12.6. The van der Waals surface area contributed by atoms with Crippen molar-refractivity contribution in [2.75, 3.05) is 47.3 Å². The molecule has 0 radical (unpaired) electrons. The molecule has 1 unspecified atom stereocenters. The van der Waals surface area contributed by atoms with Crippen LogP contribution in [0.1, 0.15) is 19.3 Å². The summed E-state index contributed by atoms with van der Waals surface area (Å²) in [6.45, 7) is 8.22. The van der Waals surface area contributed by atoms with Crippen LogP contribution in [0.15, 0.2) is 17.6 Å². The molecule has 1 atom stereocenters. The second-order valence-corrected chi connectivity index (χ2v) is 5.20. The van der Waals surface area contributed by atoms with E-state index >= 15 is 0 Å². The van der Waals surface area contributed by atoms with Gasteiger partial charge in [-0.3, -0.25) is 4.99 Å². The third-order valence-corrected chi connectivity index (χ3v) is 3.51. The van der Waals surface area contributed by atoms with Gasteiger partial charge in [-0.15, -0.1) is 30.6 Å². The van der Waals surface area contributed by atoms with Crippen molar-refractivity contribution in [2.24, 2.45) is 10.9 Å². The van der Waals surface area contributed by atoms with E-state index in [0.717, 1.165) is 37.8 Å². The standard InChI is InChI=1S/C14H28N4.HI/c1-5-6-7-9-18(4)14(15-2)16-11-13-8-10-17(3)12-13;/h5,13H,1,6-12H2,2-4H3,(H,15,16);1H. The Morgan fingerprint density at radius 1 is 1.58 bits per heavy atom. The summed E-state index contributed by atoms with van der Waals surface area (Å²) in [6.07, 6.45) is 5.46. The van der Waals surface area contributed by atoms with Crippen molar-refractivity contribution in [2.45, 2.75) is 19.3 Å². The van der Waals surface area contributed by atoms with Crippen molar-refractivity contribution in [1.29, 1.82) is 0 Å². The van der Waals surface area contributed by atoms with E-state index in [1.165, 1.54) is 19.5 Å². The summed E-state index contributed by atoms with van der Waals surface area (Å²) in [5.74, 6) is 1.77. The fraction of sp³-hybridized carbons (Fsp3) is 0.786. The predicted octanol–water partition coefficient (Wildman–Crippen LogP) is 2.03. The average Bonchev–Trinajstić information content (AvgIpc) is 2.76. The maximum atomic E-state index is 4.34. The molecule has 0 spiro atoms. The lowest BCUT2D eigenvalue weighted by Gasteiger charge is -2.23. The van der Waals surface area contributed by atoms with Crippen LogP contribution in [0.3, 0.4) is 0 Å². The molecule has 0 saturated carbocycles. The molecule has 0 bridgehead atoms. The molecule has 1 heterocycles. The molecule has 5 heteroatoms. The van der Waals surface area contributed by atoms with Crippen LogP contribution in [-0.4, -0.2) is 63.1 Å². The van der Waals surface area contributed by atoms with Crippen LogP contribution in [0.2, 0.25) is 0 Å². The molecular weight excluding hydrogens is 351 g/mol. The first-order valence-electron chi connectivity index (χ1n) is 6.88. The maximum Gasteiger partial charge on any atom is 0.193 e. The quantitative estimate of drug-likeness (QED) is 0.252. The maximum absolute atomic E-state index is 4.34. The molecule has 0 aromatic heterocycles. The normalized spacial score (nSPS) is 19.9. The smallest absolute Gasteiger partial charge is 0.193 e. The molecule has 0 aromatic carbocycles. The van der Waals surface area contributed by atoms with Gasteiger partial charge in [0.25, 0.3) is 0 Å². The summed E-state index contributed by atoms with van der Waals surface area (Å²) < 4.78 is 0. The summed E-state index contributed by atoms with van der Waals surface area (Å²) in [4.78, 5) is 8.93. The molecule has 1 saturated heterocycles. The second-order valence-electron chi connectivity index (χ2n) is 5.20. The molecule has 19 heavy (non-hydrogen) atoms. The topological polar surface area (TPSA) is 30.9 Å². The molecule has 0 aliphatic carbocycles. The summed E-state index contributed by atoms with van der Waals surface area (Å²) in [7, 11) is 6.14. The number of halogens is 1. The van der Waals surface area contributed by atoms with E-state index in [9.17, 15) is 0 Å². The van der Waals surface area contributed by atoms with Crippen molar-refractivity contribution in [3.8, 4) is 0 Å². The van der Waals surface area contributed by atoms with Crippen LogP contribution in [-0.2, 0) is 0 Å². The van der Waals surface area contributed by atoms with Gasteiger partial charge in [0.1, 0.15) is 0 Å². The van der Waals surface area contributed by atoms with E-state index in [1.54, 1.807) is 0 Å². The van der Waals surface area contributed by atoms with Crippen LogP contribution in [0.4, 0.5) is 0 Å². The van der Waals surface area contributed by atoms with Crippen LogP contribution in [0.5, 0.6) is 0 Å². The van der Waals surface area contributed by atoms with Crippen LogP contribution < -0.4 is 5.32 Å².